The number of amides is 1. The fourth-order valence-corrected chi connectivity index (χ4v) is 3.33. The quantitative estimate of drug-likeness (QED) is 0.884. The van der Waals surface area contributed by atoms with Gasteiger partial charge in [-0.25, -0.2) is 0 Å². The van der Waals surface area contributed by atoms with Crippen molar-refractivity contribution in [3.05, 3.63) is 71.8 Å². The molecule has 2 aromatic carbocycles. The molecule has 3 heteroatoms. The Balaban J connectivity index is 1.79. The summed E-state index contributed by atoms with van der Waals surface area (Å²) in [5, 5.41) is 3.12. The summed E-state index contributed by atoms with van der Waals surface area (Å²) in [7, 11) is 0. The van der Waals surface area contributed by atoms with Gasteiger partial charge in [0, 0.05) is 13.2 Å². The Labute approximate surface area is 144 Å². The minimum absolute atomic E-state index is 0.0630. The Morgan fingerprint density at radius 1 is 1.12 bits per heavy atom. The smallest absolute Gasteiger partial charge is 0.230 e. The van der Waals surface area contributed by atoms with Crippen LogP contribution < -0.4 is 5.32 Å². The maximum atomic E-state index is 13.1. The highest BCUT2D eigenvalue weighted by atomic mass is 16.5. The topological polar surface area (TPSA) is 38.3 Å². The van der Waals surface area contributed by atoms with Crippen LogP contribution in [0, 0.1) is 0 Å². The second-order valence-corrected chi connectivity index (χ2v) is 6.71. The average Bonchev–Trinajstić information content (AvgIpc) is 3.14. The van der Waals surface area contributed by atoms with Crippen LogP contribution in [0.5, 0.6) is 0 Å². The molecule has 1 aliphatic heterocycles. The molecule has 0 spiro atoms. The van der Waals surface area contributed by atoms with E-state index in [1.165, 1.54) is 0 Å². The Bertz CT molecular complexity index is 650. The van der Waals surface area contributed by atoms with Crippen molar-refractivity contribution in [1.29, 1.82) is 0 Å². The molecule has 0 radical (unpaired) electrons. The number of carbonyl (C=O) groups excluding carboxylic acids is 1. The van der Waals surface area contributed by atoms with Crippen LogP contribution in [0.25, 0.3) is 0 Å². The van der Waals surface area contributed by atoms with E-state index in [0.717, 1.165) is 30.6 Å². The number of carbonyl (C=O) groups is 1. The van der Waals surface area contributed by atoms with Crippen molar-refractivity contribution in [1.82, 2.24) is 5.32 Å². The molecule has 24 heavy (non-hydrogen) atoms. The summed E-state index contributed by atoms with van der Waals surface area (Å²) in [4.78, 5) is 13.1. The van der Waals surface area contributed by atoms with E-state index in [2.05, 4.69) is 17.4 Å². The van der Waals surface area contributed by atoms with Crippen LogP contribution in [-0.2, 0) is 21.4 Å². The van der Waals surface area contributed by atoms with Crippen LogP contribution in [0.1, 0.15) is 30.9 Å². The molecule has 3 rings (SSSR count). The third-order valence-electron chi connectivity index (χ3n) is 4.83. The van der Waals surface area contributed by atoms with Crippen molar-refractivity contribution in [2.24, 2.45) is 0 Å². The third-order valence-corrected chi connectivity index (χ3v) is 4.83. The molecule has 0 bridgehead atoms. The van der Waals surface area contributed by atoms with Gasteiger partial charge >= 0.3 is 0 Å². The second-order valence-electron chi connectivity index (χ2n) is 6.71. The lowest BCUT2D eigenvalue weighted by Gasteiger charge is -2.30. The first-order chi connectivity index (χ1) is 11.7. The Kier molecular flexibility index (Phi) is 5.31. The molecule has 1 fully saturated rings. The maximum Gasteiger partial charge on any atom is 0.230 e. The van der Waals surface area contributed by atoms with Gasteiger partial charge in [0.2, 0.25) is 5.91 Å². The van der Waals surface area contributed by atoms with Crippen LogP contribution in [0.2, 0.25) is 0 Å². The first-order valence-electron chi connectivity index (χ1n) is 8.68. The van der Waals surface area contributed by atoms with E-state index in [0.29, 0.717) is 13.0 Å². The zero-order valence-electron chi connectivity index (χ0n) is 14.2. The fourth-order valence-electron chi connectivity index (χ4n) is 3.33. The van der Waals surface area contributed by atoms with E-state index in [1.54, 1.807) is 0 Å². The fraction of sp³-hybridized carbons (Fsp3) is 0.381. The van der Waals surface area contributed by atoms with Crippen molar-refractivity contribution in [2.75, 3.05) is 13.2 Å². The molecule has 3 nitrogen and oxygen atoms in total. The van der Waals surface area contributed by atoms with Crippen molar-refractivity contribution >= 4 is 5.91 Å². The van der Waals surface area contributed by atoms with Gasteiger partial charge in [0.25, 0.3) is 0 Å². The van der Waals surface area contributed by atoms with Crippen LogP contribution in [0.3, 0.4) is 0 Å². The summed E-state index contributed by atoms with van der Waals surface area (Å²) >= 11 is 0. The number of hydrogen-bond donors (Lipinski definition) is 1. The van der Waals surface area contributed by atoms with Gasteiger partial charge in [-0.3, -0.25) is 4.79 Å². The first kappa shape index (κ1) is 16.7. The van der Waals surface area contributed by atoms with Crippen molar-refractivity contribution in [2.45, 2.75) is 37.7 Å². The standard InChI is InChI=1S/C21H25NO2/c1-21(18-11-6-3-7-12-18,15-17-9-4-2-5-10-17)20(23)22-16-19-13-8-14-24-19/h2-7,9-12,19H,8,13-16H2,1H3,(H,22,23). The normalized spacial score (nSPS) is 19.6. The number of nitrogens with one attached hydrogen (secondary N) is 1. The average molecular weight is 323 g/mol. The summed E-state index contributed by atoms with van der Waals surface area (Å²) in [5.74, 6) is 0.0630. The monoisotopic (exact) mass is 323 g/mol. The highest BCUT2D eigenvalue weighted by Gasteiger charge is 2.35. The lowest BCUT2D eigenvalue weighted by molar-refractivity contribution is -0.126. The Hall–Kier alpha value is -2.13. The van der Waals surface area contributed by atoms with Crippen molar-refractivity contribution in [3.8, 4) is 0 Å². The van der Waals surface area contributed by atoms with Gasteiger partial charge < -0.3 is 10.1 Å². The summed E-state index contributed by atoms with van der Waals surface area (Å²) in [5.41, 5.74) is 1.61. The Morgan fingerprint density at radius 3 is 2.42 bits per heavy atom. The molecular weight excluding hydrogens is 298 g/mol. The highest BCUT2D eigenvalue weighted by Crippen LogP contribution is 2.29. The maximum absolute atomic E-state index is 13.1. The van der Waals surface area contributed by atoms with E-state index in [1.807, 2.05) is 55.5 Å². The number of benzene rings is 2. The molecule has 1 saturated heterocycles. The zero-order valence-corrected chi connectivity index (χ0v) is 14.2. The lowest BCUT2D eigenvalue weighted by atomic mass is 9.76. The molecule has 1 N–H and O–H groups in total. The second kappa shape index (κ2) is 7.63. The van der Waals surface area contributed by atoms with Crippen LogP contribution in [-0.4, -0.2) is 25.2 Å². The van der Waals surface area contributed by atoms with Crippen LogP contribution >= 0.6 is 0 Å². The zero-order chi connectivity index (χ0) is 16.8. The molecular formula is C21H25NO2. The summed E-state index contributed by atoms with van der Waals surface area (Å²) < 4.78 is 5.63. The minimum atomic E-state index is -0.596. The van der Waals surface area contributed by atoms with E-state index in [9.17, 15) is 4.79 Å². The van der Waals surface area contributed by atoms with E-state index in [-0.39, 0.29) is 12.0 Å². The summed E-state index contributed by atoms with van der Waals surface area (Å²) in [6.07, 6.45) is 2.95. The Morgan fingerprint density at radius 2 is 1.79 bits per heavy atom. The SMILES string of the molecule is CC(Cc1ccccc1)(C(=O)NCC1CCCO1)c1ccccc1. The summed E-state index contributed by atoms with van der Waals surface area (Å²) in [6.45, 7) is 3.43. The van der Waals surface area contributed by atoms with Crippen molar-refractivity contribution in [3.63, 3.8) is 0 Å². The summed E-state index contributed by atoms with van der Waals surface area (Å²) in [6, 6.07) is 20.2. The predicted octanol–water partition coefficient (Wildman–Crippen LogP) is 3.48. The minimum Gasteiger partial charge on any atom is -0.376 e. The lowest BCUT2D eigenvalue weighted by Crippen LogP contribution is -2.46. The molecule has 1 heterocycles. The molecule has 1 aliphatic rings. The van der Waals surface area contributed by atoms with Gasteiger partial charge in [0.1, 0.15) is 0 Å². The van der Waals surface area contributed by atoms with Gasteiger partial charge in [-0.2, -0.15) is 0 Å². The molecule has 2 atom stereocenters. The number of ether oxygens (including phenoxy) is 1. The van der Waals surface area contributed by atoms with Crippen LogP contribution in [0.15, 0.2) is 60.7 Å². The largest absolute Gasteiger partial charge is 0.376 e. The first-order valence-corrected chi connectivity index (χ1v) is 8.68. The van der Waals surface area contributed by atoms with Gasteiger partial charge in [-0.1, -0.05) is 60.7 Å². The molecule has 0 saturated carbocycles. The van der Waals surface area contributed by atoms with E-state index in [4.69, 9.17) is 4.74 Å². The number of rotatable bonds is 6. The van der Waals surface area contributed by atoms with Gasteiger partial charge in [-0.15, -0.1) is 0 Å². The molecule has 0 aliphatic carbocycles. The predicted molar refractivity (Wildman–Crippen MR) is 95.9 cm³/mol. The van der Waals surface area contributed by atoms with Gasteiger partial charge in [-0.05, 0) is 37.3 Å². The molecule has 1 amide bonds. The molecule has 0 aromatic heterocycles. The number of hydrogen-bond acceptors (Lipinski definition) is 2. The van der Waals surface area contributed by atoms with E-state index >= 15 is 0 Å². The van der Waals surface area contributed by atoms with Crippen LogP contribution in [0.4, 0.5) is 0 Å². The third kappa shape index (κ3) is 3.85. The van der Waals surface area contributed by atoms with Crippen molar-refractivity contribution < 1.29 is 9.53 Å². The van der Waals surface area contributed by atoms with Gasteiger partial charge in [0.05, 0.1) is 11.5 Å². The molecule has 126 valence electrons. The van der Waals surface area contributed by atoms with Gasteiger partial charge in [0.15, 0.2) is 0 Å². The highest BCUT2D eigenvalue weighted by molar-refractivity contribution is 5.88. The molecule has 2 unspecified atom stereocenters. The van der Waals surface area contributed by atoms with E-state index < -0.39 is 5.41 Å². The molecule has 2 aromatic rings.